The fourth-order valence-corrected chi connectivity index (χ4v) is 1.28. The summed E-state index contributed by atoms with van der Waals surface area (Å²) in [5, 5.41) is 7.32. The van der Waals surface area contributed by atoms with Crippen molar-refractivity contribution in [3.63, 3.8) is 0 Å². The van der Waals surface area contributed by atoms with Crippen LogP contribution in [-0.4, -0.2) is 40.5 Å². The number of nitrogens with zero attached hydrogens (tertiary/aromatic N) is 3. The number of hydrogen-bond acceptors (Lipinski definition) is 5. The van der Waals surface area contributed by atoms with Crippen molar-refractivity contribution in [2.75, 3.05) is 13.7 Å². The maximum atomic E-state index is 11.8. The quantitative estimate of drug-likeness (QED) is 0.519. The van der Waals surface area contributed by atoms with E-state index in [4.69, 9.17) is 10.5 Å². The standard InChI is InChI=1S/C9H16N4O2/c1-13-8(6-11-12-13)9(14)7(10)4-3-5-15-2/h6-7H,3-5,10H2,1-2H3. The summed E-state index contributed by atoms with van der Waals surface area (Å²) in [6.07, 6.45) is 2.81. The van der Waals surface area contributed by atoms with Crippen molar-refractivity contribution in [2.45, 2.75) is 18.9 Å². The third kappa shape index (κ3) is 3.10. The highest BCUT2D eigenvalue weighted by molar-refractivity contribution is 5.98. The van der Waals surface area contributed by atoms with E-state index in [0.717, 1.165) is 6.42 Å². The number of hydrogen-bond donors (Lipinski definition) is 1. The number of ether oxygens (including phenoxy) is 1. The fraction of sp³-hybridized carbons (Fsp3) is 0.667. The summed E-state index contributed by atoms with van der Waals surface area (Å²) < 4.78 is 6.32. The average Bonchev–Trinajstić information content (AvgIpc) is 2.63. The lowest BCUT2D eigenvalue weighted by atomic mass is 10.1. The topological polar surface area (TPSA) is 83.0 Å². The van der Waals surface area contributed by atoms with Crippen molar-refractivity contribution in [2.24, 2.45) is 12.8 Å². The van der Waals surface area contributed by atoms with Gasteiger partial charge in [-0.2, -0.15) is 0 Å². The van der Waals surface area contributed by atoms with Crippen LogP contribution in [0.5, 0.6) is 0 Å². The Kier molecular flexibility index (Phi) is 4.38. The van der Waals surface area contributed by atoms with E-state index >= 15 is 0 Å². The molecule has 1 atom stereocenters. The number of nitrogens with two attached hydrogens (primary N) is 1. The zero-order chi connectivity index (χ0) is 11.3. The summed E-state index contributed by atoms with van der Waals surface area (Å²) in [5.41, 5.74) is 6.19. The van der Waals surface area contributed by atoms with Gasteiger partial charge in [-0.25, -0.2) is 4.68 Å². The first kappa shape index (κ1) is 11.8. The zero-order valence-corrected chi connectivity index (χ0v) is 9.01. The Bertz CT molecular complexity index is 324. The van der Waals surface area contributed by atoms with Crippen LogP contribution in [0.1, 0.15) is 23.3 Å². The van der Waals surface area contributed by atoms with Crippen LogP contribution in [0.15, 0.2) is 6.20 Å². The molecule has 0 amide bonds. The second-order valence-electron chi connectivity index (χ2n) is 3.35. The van der Waals surface area contributed by atoms with E-state index in [-0.39, 0.29) is 5.78 Å². The van der Waals surface area contributed by atoms with Crippen molar-refractivity contribution in [3.8, 4) is 0 Å². The number of rotatable bonds is 6. The Labute approximate surface area is 88.4 Å². The molecule has 1 aromatic heterocycles. The van der Waals surface area contributed by atoms with Gasteiger partial charge in [-0.05, 0) is 12.8 Å². The number of aryl methyl sites for hydroxylation is 1. The van der Waals surface area contributed by atoms with Crippen molar-refractivity contribution in [3.05, 3.63) is 11.9 Å². The molecule has 15 heavy (non-hydrogen) atoms. The summed E-state index contributed by atoms with van der Waals surface area (Å²) >= 11 is 0. The molecule has 0 radical (unpaired) electrons. The van der Waals surface area contributed by atoms with Gasteiger partial charge in [0, 0.05) is 20.8 Å². The van der Waals surface area contributed by atoms with Crippen LogP contribution in [0.4, 0.5) is 0 Å². The van der Waals surface area contributed by atoms with E-state index < -0.39 is 6.04 Å². The van der Waals surface area contributed by atoms with Gasteiger partial charge in [0.2, 0.25) is 0 Å². The van der Waals surface area contributed by atoms with Crippen LogP contribution in [0.25, 0.3) is 0 Å². The molecule has 1 unspecified atom stereocenters. The fourth-order valence-electron chi connectivity index (χ4n) is 1.28. The molecule has 0 bridgehead atoms. The van der Waals surface area contributed by atoms with Gasteiger partial charge >= 0.3 is 0 Å². The van der Waals surface area contributed by atoms with Crippen LogP contribution >= 0.6 is 0 Å². The van der Waals surface area contributed by atoms with Crippen LogP contribution in [0.2, 0.25) is 0 Å². The Morgan fingerprint density at radius 3 is 3.00 bits per heavy atom. The number of methoxy groups -OCH3 is 1. The molecule has 6 heteroatoms. The average molecular weight is 212 g/mol. The number of Topliss-reactive ketones (excluding diaryl/α,β-unsaturated/α-hetero) is 1. The van der Waals surface area contributed by atoms with Crippen molar-refractivity contribution in [1.82, 2.24) is 15.0 Å². The summed E-state index contributed by atoms with van der Waals surface area (Å²) in [4.78, 5) is 11.8. The second kappa shape index (κ2) is 5.57. The maximum Gasteiger partial charge on any atom is 0.199 e. The molecule has 84 valence electrons. The van der Waals surface area contributed by atoms with Gasteiger partial charge in [-0.3, -0.25) is 4.79 Å². The highest BCUT2D eigenvalue weighted by atomic mass is 16.5. The molecule has 2 N–H and O–H groups in total. The molecule has 1 aromatic rings. The van der Waals surface area contributed by atoms with Gasteiger partial charge in [0.15, 0.2) is 5.78 Å². The van der Waals surface area contributed by atoms with Crippen LogP contribution < -0.4 is 5.73 Å². The van der Waals surface area contributed by atoms with Crippen molar-refractivity contribution < 1.29 is 9.53 Å². The third-order valence-corrected chi connectivity index (χ3v) is 2.17. The summed E-state index contributed by atoms with van der Waals surface area (Å²) in [6, 6.07) is -0.502. The van der Waals surface area contributed by atoms with Gasteiger partial charge in [0.1, 0.15) is 5.69 Å². The van der Waals surface area contributed by atoms with E-state index in [1.807, 2.05) is 0 Å². The van der Waals surface area contributed by atoms with Crippen LogP contribution in [-0.2, 0) is 11.8 Å². The first-order valence-electron chi connectivity index (χ1n) is 4.80. The summed E-state index contributed by atoms with van der Waals surface area (Å²) in [7, 11) is 3.29. The number of aromatic nitrogens is 3. The van der Waals surface area contributed by atoms with E-state index in [1.165, 1.54) is 10.9 Å². The van der Waals surface area contributed by atoms with E-state index in [2.05, 4.69) is 10.3 Å². The van der Waals surface area contributed by atoms with E-state index in [0.29, 0.717) is 18.7 Å². The minimum atomic E-state index is -0.502. The monoisotopic (exact) mass is 212 g/mol. The molecule has 0 fully saturated rings. The van der Waals surface area contributed by atoms with Gasteiger partial charge in [-0.1, -0.05) is 5.21 Å². The lowest BCUT2D eigenvalue weighted by molar-refractivity contribution is 0.0941. The highest BCUT2D eigenvalue weighted by Crippen LogP contribution is 2.04. The molecular formula is C9H16N4O2. The molecule has 0 aliphatic heterocycles. The minimum absolute atomic E-state index is 0.126. The smallest absolute Gasteiger partial charge is 0.199 e. The summed E-state index contributed by atoms with van der Waals surface area (Å²) in [5.74, 6) is -0.126. The molecule has 0 aromatic carbocycles. The zero-order valence-electron chi connectivity index (χ0n) is 9.01. The van der Waals surface area contributed by atoms with Gasteiger partial charge < -0.3 is 10.5 Å². The highest BCUT2D eigenvalue weighted by Gasteiger charge is 2.18. The SMILES string of the molecule is COCCCC(N)C(=O)c1cnnn1C. The molecule has 0 spiro atoms. The maximum absolute atomic E-state index is 11.8. The Morgan fingerprint density at radius 2 is 2.47 bits per heavy atom. The van der Waals surface area contributed by atoms with Gasteiger partial charge in [0.05, 0.1) is 12.2 Å². The number of ketones is 1. The van der Waals surface area contributed by atoms with Crippen molar-refractivity contribution >= 4 is 5.78 Å². The van der Waals surface area contributed by atoms with E-state index in [1.54, 1.807) is 14.2 Å². The van der Waals surface area contributed by atoms with Crippen LogP contribution in [0, 0.1) is 0 Å². The molecule has 0 saturated heterocycles. The Balaban J connectivity index is 2.50. The predicted molar refractivity (Wildman–Crippen MR) is 54.4 cm³/mol. The van der Waals surface area contributed by atoms with Gasteiger partial charge in [-0.15, -0.1) is 5.10 Å². The number of carbonyl (C=O) groups excluding carboxylic acids is 1. The minimum Gasteiger partial charge on any atom is -0.385 e. The summed E-state index contributed by atoms with van der Waals surface area (Å²) in [6.45, 7) is 0.616. The van der Waals surface area contributed by atoms with Crippen molar-refractivity contribution in [1.29, 1.82) is 0 Å². The van der Waals surface area contributed by atoms with Crippen LogP contribution in [0.3, 0.4) is 0 Å². The normalized spacial score (nSPS) is 12.7. The Hall–Kier alpha value is -1.27. The molecule has 0 saturated carbocycles. The third-order valence-electron chi connectivity index (χ3n) is 2.17. The molecular weight excluding hydrogens is 196 g/mol. The lowest BCUT2D eigenvalue weighted by Crippen LogP contribution is -2.32. The molecule has 6 nitrogen and oxygen atoms in total. The van der Waals surface area contributed by atoms with E-state index in [9.17, 15) is 4.79 Å². The predicted octanol–water partition coefficient (Wildman–Crippen LogP) is -0.248. The first-order chi connectivity index (χ1) is 7.16. The molecule has 1 rings (SSSR count). The molecule has 0 aliphatic rings. The molecule has 1 heterocycles. The molecule has 0 aliphatic carbocycles. The second-order valence-corrected chi connectivity index (χ2v) is 3.35. The van der Waals surface area contributed by atoms with Gasteiger partial charge in [0.25, 0.3) is 0 Å². The largest absolute Gasteiger partial charge is 0.385 e. The lowest BCUT2D eigenvalue weighted by Gasteiger charge is -2.09. The Morgan fingerprint density at radius 1 is 1.73 bits per heavy atom. The number of carbonyl (C=O) groups is 1. The first-order valence-corrected chi connectivity index (χ1v) is 4.80.